The molecule has 4 rings (SSSR count). The summed E-state index contributed by atoms with van der Waals surface area (Å²) in [7, 11) is 1.64. The number of rotatable bonds is 7. The highest BCUT2D eigenvalue weighted by molar-refractivity contribution is 7.20. The molecule has 0 saturated heterocycles. The van der Waals surface area contributed by atoms with Gasteiger partial charge >= 0.3 is 0 Å². The number of thiazole rings is 1. The SMILES string of the molecule is CCOc1ccc(N=C(N/N=C/c2ccccc2OC)c2nc3ccccc3s2)cc1. The van der Waals surface area contributed by atoms with Gasteiger partial charge in [-0.25, -0.2) is 9.98 Å². The molecule has 0 fully saturated rings. The van der Waals surface area contributed by atoms with Crippen LogP contribution in [0.5, 0.6) is 11.5 Å². The molecule has 3 aromatic carbocycles. The van der Waals surface area contributed by atoms with Crippen molar-refractivity contribution in [1.29, 1.82) is 0 Å². The maximum Gasteiger partial charge on any atom is 0.183 e. The summed E-state index contributed by atoms with van der Waals surface area (Å²) in [5.41, 5.74) is 5.63. The Morgan fingerprint density at radius 2 is 1.81 bits per heavy atom. The third kappa shape index (κ3) is 5.07. The second-order valence-corrected chi connectivity index (χ2v) is 7.52. The van der Waals surface area contributed by atoms with Crippen LogP contribution in [0.4, 0.5) is 5.69 Å². The van der Waals surface area contributed by atoms with Gasteiger partial charge in [0.25, 0.3) is 0 Å². The van der Waals surface area contributed by atoms with E-state index in [1.165, 1.54) is 0 Å². The van der Waals surface area contributed by atoms with Crippen LogP contribution in [-0.2, 0) is 0 Å². The molecule has 6 nitrogen and oxygen atoms in total. The molecule has 0 aliphatic rings. The van der Waals surface area contributed by atoms with E-state index in [4.69, 9.17) is 19.5 Å². The largest absolute Gasteiger partial charge is 0.496 e. The first-order chi connectivity index (χ1) is 15.3. The first kappa shape index (κ1) is 20.6. The number of benzene rings is 3. The molecule has 1 heterocycles. The van der Waals surface area contributed by atoms with Crippen LogP contribution in [0.15, 0.2) is 82.9 Å². The topological polar surface area (TPSA) is 68.1 Å². The molecule has 0 saturated carbocycles. The Morgan fingerprint density at radius 1 is 1.03 bits per heavy atom. The van der Waals surface area contributed by atoms with E-state index in [1.807, 2.05) is 79.7 Å². The molecule has 0 radical (unpaired) electrons. The van der Waals surface area contributed by atoms with Gasteiger partial charge in [-0.15, -0.1) is 11.3 Å². The molecular weight excluding hydrogens is 408 g/mol. The Morgan fingerprint density at radius 3 is 2.58 bits per heavy atom. The van der Waals surface area contributed by atoms with Gasteiger partial charge in [-0.1, -0.05) is 24.3 Å². The number of amidine groups is 1. The lowest BCUT2D eigenvalue weighted by Gasteiger charge is -2.06. The molecule has 0 aliphatic carbocycles. The zero-order chi connectivity index (χ0) is 21.5. The Kier molecular flexibility index (Phi) is 6.54. The fourth-order valence-electron chi connectivity index (χ4n) is 2.94. The normalized spacial score (nSPS) is 11.7. The third-order valence-electron chi connectivity index (χ3n) is 4.40. The molecule has 1 aromatic heterocycles. The lowest BCUT2D eigenvalue weighted by Crippen LogP contribution is -2.18. The highest BCUT2D eigenvalue weighted by atomic mass is 32.1. The van der Waals surface area contributed by atoms with Gasteiger partial charge in [0, 0.05) is 5.56 Å². The summed E-state index contributed by atoms with van der Waals surface area (Å²) < 4.78 is 12.0. The van der Waals surface area contributed by atoms with E-state index in [1.54, 1.807) is 24.7 Å². The lowest BCUT2D eigenvalue weighted by atomic mass is 10.2. The number of hydrogen-bond donors (Lipinski definition) is 1. The molecule has 1 N–H and O–H groups in total. The molecule has 0 atom stereocenters. The van der Waals surface area contributed by atoms with E-state index < -0.39 is 0 Å². The predicted octanol–water partition coefficient (Wildman–Crippen LogP) is 5.41. The van der Waals surface area contributed by atoms with Crippen molar-refractivity contribution >= 4 is 39.3 Å². The van der Waals surface area contributed by atoms with Crippen LogP contribution in [0.3, 0.4) is 0 Å². The van der Waals surface area contributed by atoms with Crippen molar-refractivity contribution < 1.29 is 9.47 Å². The number of para-hydroxylation sites is 2. The molecule has 0 spiro atoms. The van der Waals surface area contributed by atoms with Crippen LogP contribution < -0.4 is 14.9 Å². The average molecular weight is 431 g/mol. The molecule has 0 aliphatic heterocycles. The minimum Gasteiger partial charge on any atom is -0.496 e. The van der Waals surface area contributed by atoms with Gasteiger partial charge < -0.3 is 9.47 Å². The number of fused-ring (bicyclic) bond motifs is 1. The quantitative estimate of drug-likeness (QED) is 0.242. The summed E-state index contributed by atoms with van der Waals surface area (Å²) in [6, 6.07) is 23.3. The van der Waals surface area contributed by atoms with E-state index in [0.29, 0.717) is 12.4 Å². The molecule has 156 valence electrons. The van der Waals surface area contributed by atoms with Crippen molar-refractivity contribution in [2.75, 3.05) is 13.7 Å². The van der Waals surface area contributed by atoms with Crippen LogP contribution in [0.2, 0.25) is 0 Å². The molecule has 0 unspecified atom stereocenters. The van der Waals surface area contributed by atoms with E-state index in [9.17, 15) is 0 Å². The summed E-state index contributed by atoms with van der Waals surface area (Å²) in [5.74, 6) is 2.12. The van der Waals surface area contributed by atoms with Crippen molar-refractivity contribution in [3.63, 3.8) is 0 Å². The number of hydrogen-bond acceptors (Lipinski definition) is 6. The van der Waals surface area contributed by atoms with Gasteiger partial charge in [0.1, 0.15) is 11.5 Å². The summed E-state index contributed by atoms with van der Waals surface area (Å²) in [6.45, 7) is 2.58. The number of hydrazone groups is 1. The summed E-state index contributed by atoms with van der Waals surface area (Å²) in [4.78, 5) is 9.47. The summed E-state index contributed by atoms with van der Waals surface area (Å²) in [5, 5.41) is 5.15. The fraction of sp³-hybridized carbons (Fsp3) is 0.125. The smallest absolute Gasteiger partial charge is 0.183 e. The highest BCUT2D eigenvalue weighted by Gasteiger charge is 2.11. The van der Waals surface area contributed by atoms with Gasteiger partial charge in [-0.05, 0) is 55.5 Å². The second kappa shape index (κ2) is 9.86. The zero-order valence-corrected chi connectivity index (χ0v) is 18.1. The Bertz CT molecular complexity index is 1180. The van der Waals surface area contributed by atoms with Gasteiger partial charge in [-0.3, -0.25) is 5.43 Å². The van der Waals surface area contributed by atoms with E-state index in [-0.39, 0.29) is 0 Å². The van der Waals surface area contributed by atoms with Gasteiger partial charge in [0.15, 0.2) is 10.8 Å². The fourth-order valence-corrected chi connectivity index (χ4v) is 3.85. The van der Waals surface area contributed by atoms with Gasteiger partial charge in [0.05, 0.1) is 35.8 Å². The van der Waals surface area contributed by atoms with Crippen LogP contribution in [-0.4, -0.2) is 30.8 Å². The number of nitrogens with zero attached hydrogens (tertiary/aromatic N) is 3. The van der Waals surface area contributed by atoms with Crippen LogP contribution >= 0.6 is 11.3 Å². The Labute approximate surface area is 184 Å². The van der Waals surface area contributed by atoms with Gasteiger partial charge in [0.2, 0.25) is 0 Å². The van der Waals surface area contributed by atoms with Crippen molar-refractivity contribution in [2.45, 2.75) is 6.92 Å². The number of nitrogens with one attached hydrogen (secondary N) is 1. The minimum absolute atomic E-state index is 0.566. The minimum atomic E-state index is 0.566. The van der Waals surface area contributed by atoms with Crippen LogP contribution in [0, 0.1) is 0 Å². The van der Waals surface area contributed by atoms with Crippen LogP contribution in [0.25, 0.3) is 10.2 Å². The van der Waals surface area contributed by atoms with E-state index in [2.05, 4.69) is 10.5 Å². The second-order valence-electron chi connectivity index (χ2n) is 6.49. The molecule has 31 heavy (non-hydrogen) atoms. The summed E-state index contributed by atoms with van der Waals surface area (Å²) in [6.07, 6.45) is 1.71. The first-order valence-corrected chi connectivity index (χ1v) is 10.7. The zero-order valence-electron chi connectivity index (χ0n) is 17.3. The Hall–Kier alpha value is -3.71. The molecule has 7 heteroatoms. The van der Waals surface area contributed by atoms with Crippen molar-refractivity contribution in [1.82, 2.24) is 10.4 Å². The van der Waals surface area contributed by atoms with Crippen molar-refractivity contribution in [2.24, 2.45) is 10.1 Å². The van der Waals surface area contributed by atoms with Crippen molar-refractivity contribution in [3.8, 4) is 11.5 Å². The number of ether oxygens (including phenoxy) is 2. The summed E-state index contributed by atoms with van der Waals surface area (Å²) >= 11 is 1.56. The lowest BCUT2D eigenvalue weighted by molar-refractivity contribution is 0.340. The highest BCUT2D eigenvalue weighted by Crippen LogP contribution is 2.24. The van der Waals surface area contributed by atoms with Gasteiger partial charge in [-0.2, -0.15) is 5.10 Å². The average Bonchev–Trinajstić information content (AvgIpc) is 3.24. The number of aliphatic imine (C=N–C) groups is 1. The molecule has 0 amide bonds. The third-order valence-corrected chi connectivity index (χ3v) is 5.44. The first-order valence-electron chi connectivity index (χ1n) is 9.86. The maximum absolute atomic E-state index is 5.52. The predicted molar refractivity (Wildman–Crippen MR) is 127 cm³/mol. The monoisotopic (exact) mass is 430 g/mol. The molecule has 0 bridgehead atoms. The molecular formula is C24H22N4O2S. The number of aromatic nitrogens is 1. The van der Waals surface area contributed by atoms with E-state index >= 15 is 0 Å². The van der Waals surface area contributed by atoms with Crippen LogP contribution in [0.1, 0.15) is 17.5 Å². The number of methoxy groups -OCH3 is 1. The molecule has 4 aromatic rings. The van der Waals surface area contributed by atoms with Crippen molar-refractivity contribution in [3.05, 3.63) is 83.4 Å². The van der Waals surface area contributed by atoms with E-state index in [0.717, 1.165) is 38.0 Å². The Balaban J connectivity index is 1.65. The maximum atomic E-state index is 5.52. The standard InChI is InChI=1S/C24H22N4O2S/c1-3-30-19-14-12-18(13-15-19)26-23(24-27-20-9-5-7-11-22(20)31-24)28-25-16-17-8-4-6-10-21(17)29-2/h4-16H,3H2,1-2H3,(H,26,28)/b25-16+.